The number of amides is 2. The van der Waals surface area contributed by atoms with Gasteiger partial charge in [0.05, 0.1) is 19.3 Å². The van der Waals surface area contributed by atoms with Gasteiger partial charge in [-0.25, -0.2) is 14.0 Å². The standard InChI is InChI=1S/C21H30FN3O5/c1-21(2,3)30-20(27)25-12-13-28-14-18(25)15-29-19(26)24-10-8-23(9-11-24)17-6-4-16(22)5-7-17/h4-7,18H,8-15H2,1-3H3/t18-/m0/s1. The highest BCUT2D eigenvalue weighted by Crippen LogP contribution is 2.18. The first kappa shape index (κ1) is 22.1. The van der Waals surface area contributed by atoms with E-state index in [1.807, 2.05) is 20.8 Å². The largest absolute Gasteiger partial charge is 0.447 e. The lowest BCUT2D eigenvalue weighted by Gasteiger charge is -2.37. The van der Waals surface area contributed by atoms with Gasteiger partial charge in [0.1, 0.15) is 18.0 Å². The van der Waals surface area contributed by atoms with Gasteiger partial charge in [-0.2, -0.15) is 0 Å². The molecule has 0 N–H and O–H groups in total. The van der Waals surface area contributed by atoms with E-state index < -0.39 is 17.8 Å². The van der Waals surface area contributed by atoms with E-state index in [0.29, 0.717) is 45.9 Å². The Balaban J connectivity index is 1.47. The number of hydrogen-bond acceptors (Lipinski definition) is 6. The number of carbonyl (C=O) groups is 2. The van der Waals surface area contributed by atoms with Gasteiger partial charge < -0.3 is 24.0 Å². The fourth-order valence-corrected chi connectivity index (χ4v) is 3.41. The van der Waals surface area contributed by atoms with Crippen LogP contribution in [-0.4, -0.2) is 86.2 Å². The van der Waals surface area contributed by atoms with Crippen molar-refractivity contribution in [1.29, 1.82) is 0 Å². The summed E-state index contributed by atoms with van der Waals surface area (Å²) in [5.74, 6) is -0.270. The van der Waals surface area contributed by atoms with Crippen molar-refractivity contribution in [3.05, 3.63) is 30.1 Å². The topological polar surface area (TPSA) is 71.5 Å². The smallest absolute Gasteiger partial charge is 0.410 e. The van der Waals surface area contributed by atoms with Gasteiger partial charge in [0.15, 0.2) is 0 Å². The summed E-state index contributed by atoms with van der Waals surface area (Å²) < 4.78 is 29.5. The van der Waals surface area contributed by atoms with E-state index in [2.05, 4.69) is 4.90 Å². The second-order valence-corrected chi connectivity index (χ2v) is 8.43. The Kier molecular flexibility index (Phi) is 7.02. The average Bonchev–Trinajstić information content (AvgIpc) is 2.71. The monoisotopic (exact) mass is 423 g/mol. The van der Waals surface area contributed by atoms with Crippen LogP contribution in [0.2, 0.25) is 0 Å². The molecule has 2 heterocycles. The summed E-state index contributed by atoms with van der Waals surface area (Å²) in [7, 11) is 0. The van der Waals surface area contributed by atoms with Crippen molar-refractivity contribution in [1.82, 2.24) is 9.80 Å². The summed E-state index contributed by atoms with van der Waals surface area (Å²) in [6.07, 6.45) is -0.844. The minimum Gasteiger partial charge on any atom is -0.447 e. The highest BCUT2D eigenvalue weighted by Gasteiger charge is 2.32. The molecule has 2 aliphatic rings. The Morgan fingerprint density at radius 2 is 1.73 bits per heavy atom. The van der Waals surface area contributed by atoms with Crippen LogP contribution >= 0.6 is 0 Å². The number of rotatable bonds is 3. The van der Waals surface area contributed by atoms with Crippen molar-refractivity contribution in [2.75, 3.05) is 57.4 Å². The van der Waals surface area contributed by atoms with Crippen LogP contribution in [0.5, 0.6) is 0 Å². The molecule has 2 amide bonds. The molecule has 1 aromatic rings. The SMILES string of the molecule is CC(C)(C)OC(=O)N1CCOC[C@H]1COC(=O)N1CCN(c2ccc(F)cc2)CC1. The minimum absolute atomic E-state index is 0.0518. The third-order valence-electron chi connectivity index (χ3n) is 4.98. The molecule has 1 atom stereocenters. The molecule has 3 rings (SSSR count). The van der Waals surface area contributed by atoms with Gasteiger partial charge in [-0.3, -0.25) is 4.90 Å². The Hall–Kier alpha value is -2.55. The molecule has 1 aromatic carbocycles. The molecule has 0 aliphatic carbocycles. The highest BCUT2D eigenvalue weighted by molar-refractivity contribution is 5.70. The number of hydrogen-bond donors (Lipinski definition) is 0. The number of halogens is 1. The molecule has 0 bridgehead atoms. The van der Waals surface area contributed by atoms with Crippen LogP contribution in [0.25, 0.3) is 0 Å². The average molecular weight is 423 g/mol. The van der Waals surface area contributed by atoms with Gasteiger partial charge in [0.25, 0.3) is 0 Å². The molecular formula is C21H30FN3O5. The van der Waals surface area contributed by atoms with Crippen molar-refractivity contribution in [3.63, 3.8) is 0 Å². The van der Waals surface area contributed by atoms with Crippen molar-refractivity contribution in [2.24, 2.45) is 0 Å². The normalized spacial score (nSPS) is 20.1. The Bertz CT molecular complexity index is 729. The molecule has 2 fully saturated rings. The second-order valence-electron chi connectivity index (χ2n) is 8.43. The maximum Gasteiger partial charge on any atom is 0.410 e. The molecule has 30 heavy (non-hydrogen) atoms. The van der Waals surface area contributed by atoms with Gasteiger partial charge in [-0.15, -0.1) is 0 Å². The Morgan fingerprint density at radius 1 is 1.07 bits per heavy atom. The maximum absolute atomic E-state index is 13.1. The zero-order chi connectivity index (χ0) is 21.7. The van der Waals surface area contributed by atoms with Crippen LogP contribution < -0.4 is 4.90 Å². The number of anilines is 1. The minimum atomic E-state index is -0.596. The van der Waals surface area contributed by atoms with Gasteiger partial charge in [0.2, 0.25) is 0 Å². The predicted molar refractivity (Wildman–Crippen MR) is 109 cm³/mol. The first-order valence-corrected chi connectivity index (χ1v) is 10.2. The fourth-order valence-electron chi connectivity index (χ4n) is 3.41. The molecule has 0 radical (unpaired) electrons. The molecule has 0 aromatic heterocycles. The van der Waals surface area contributed by atoms with Gasteiger partial charge in [-0.05, 0) is 45.0 Å². The third kappa shape index (κ3) is 5.98. The lowest BCUT2D eigenvalue weighted by molar-refractivity contribution is -0.0483. The van der Waals surface area contributed by atoms with Crippen LogP contribution in [0.3, 0.4) is 0 Å². The van der Waals surface area contributed by atoms with Crippen LogP contribution in [-0.2, 0) is 14.2 Å². The maximum atomic E-state index is 13.1. The molecular weight excluding hydrogens is 393 g/mol. The van der Waals surface area contributed by atoms with Crippen molar-refractivity contribution < 1.29 is 28.2 Å². The fraction of sp³-hybridized carbons (Fsp3) is 0.619. The molecule has 8 nitrogen and oxygen atoms in total. The number of benzene rings is 1. The van der Waals surface area contributed by atoms with E-state index in [-0.39, 0.29) is 18.5 Å². The molecule has 0 unspecified atom stereocenters. The number of ether oxygens (including phenoxy) is 3. The van der Waals surface area contributed by atoms with Crippen molar-refractivity contribution >= 4 is 17.9 Å². The third-order valence-corrected chi connectivity index (χ3v) is 4.98. The molecule has 166 valence electrons. The zero-order valence-electron chi connectivity index (χ0n) is 17.8. The summed E-state index contributed by atoms with van der Waals surface area (Å²) in [4.78, 5) is 30.2. The Labute approximate surface area is 176 Å². The predicted octanol–water partition coefficient (Wildman–Crippen LogP) is 2.72. The highest BCUT2D eigenvalue weighted by atomic mass is 19.1. The number of nitrogens with zero attached hydrogens (tertiary/aromatic N) is 3. The van der Waals surface area contributed by atoms with Crippen molar-refractivity contribution in [3.8, 4) is 0 Å². The summed E-state index contributed by atoms with van der Waals surface area (Å²) in [5, 5.41) is 0. The summed E-state index contributed by atoms with van der Waals surface area (Å²) in [6.45, 7) is 8.89. The van der Waals surface area contributed by atoms with Crippen LogP contribution in [0.4, 0.5) is 19.7 Å². The van der Waals surface area contributed by atoms with E-state index >= 15 is 0 Å². The molecule has 2 saturated heterocycles. The first-order valence-electron chi connectivity index (χ1n) is 10.2. The first-order chi connectivity index (χ1) is 14.2. The number of carbonyl (C=O) groups excluding carboxylic acids is 2. The van der Waals surface area contributed by atoms with Crippen LogP contribution in [0.15, 0.2) is 24.3 Å². The summed E-state index contributed by atoms with van der Waals surface area (Å²) in [6, 6.07) is 5.95. The lowest BCUT2D eigenvalue weighted by Crippen LogP contribution is -2.53. The van der Waals surface area contributed by atoms with E-state index in [1.54, 1.807) is 21.9 Å². The van der Waals surface area contributed by atoms with E-state index in [1.165, 1.54) is 12.1 Å². The lowest BCUT2D eigenvalue weighted by atomic mass is 10.2. The van der Waals surface area contributed by atoms with Crippen molar-refractivity contribution in [2.45, 2.75) is 32.4 Å². The number of piperazine rings is 1. The van der Waals surface area contributed by atoms with E-state index in [0.717, 1.165) is 5.69 Å². The van der Waals surface area contributed by atoms with E-state index in [9.17, 15) is 14.0 Å². The van der Waals surface area contributed by atoms with Crippen LogP contribution in [0.1, 0.15) is 20.8 Å². The number of morpholine rings is 1. The van der Waals surface area contributed by atoms with Crippen LogP contribution in [0, 0.1) is 5.82 Å². The summed E-state index contributed by atoms with van der Waals surface area (Å²) >= 11 is 0. The van der Waals surface area contributed by atoms with Gasteiger partial charge in [-0.1, -0.05) is 0 Å². The zero-order valence-corrected chi connectivity index (χ0v) is 17.8. The van der Waals surface area contributed by atoms with Gasteiger partial charge in [0, 0.05) is 38.4 Å². The quantitative estimate of drug-likeness (QED) is 0.745. The molecule has 0 spiro atoms. The summed E-state index contributed by atoms with van der Waals surface area (Å²) in [5.41, 5.74) is 0.331. The molecule has 2 aliphatic heterocycles. The van der Waals surface area contributed by atoms with Gasteiger partial charge >= 0.3 is 12.2 Å². The second kappa shape index (κ2) is 9.51. The van der Waals surface area contributed by atoms with E-state index in [4.69, 9.17) is 14.2 Å². The Morgan fingerprint density at radius 3 is 2.37 bits per heavy atom. The molecule has 0 saturated carbocycles. The molecule has 9 heteroatoms.